The molecular weight excluding hydrogens is 276 g/mol. The van der Waals surface area contributed by atoms with Crippen molar-refractivity contribution in [2.75, 3.05) is 7.11 Å². The lowest BCUT2D eigenvalue weighted by atomic mass is 10.1. The van der Waals surface area contributed by atoms with Crippen molar-refractivity contribution in [1.82, 2.24) is 5.32 Å². The van der Waals surface area contributed by atoms with Crippen molar-refractivity contribution in [3.8, 4) is 5.75 Å². The van der Waals surface area contributed by atoms with Crippen LogP contribution in [0.4, 0.5) is 0 Å². The first-order valence-corrected chi connectivity index (χ1v) is 6.36. The number of nitrogens with one attached hydrogen (secondary N) is 1. The topological polar surface area (TPSA) is 119 Å². The number of methoxy groups -OCH3 is 1. The first-order valence-electron chi connectivity index (χ1n) is 6.36. The normalized spacial score (nSPS) is 11.5. The lowest BCUT2D eigenvalue weighted by molar-refractivity contribution is -0.142. The van der Waals surface area contributed by atoms with E-state index in [2.05, 4.69) is 5.32 Å². The zero-order valence-electron chi connectivity index (χ0n) is 11.7. The molecule has 114 valence electrons. The highest BCUT2D eigenvalue weighted by Gasteiger charge is 2.21. The lowest BCUT2D eigenvalue weighted by Crippen LogP contribution is -2.42. The molecule has 0 aromatic heterocycles. The SMILES string of the molecule is COc1ccccc1CC(=O)NC(CCC(N)=O)C(=O)O. The molecule has 1 rings (SSSR count). The fraction of sp³-hybridized carbons (Fsp3) is 0.357. The number of amides is 2. The maximum atomic E-state index is 11.9. The summed E-state index contributed by atoms with van der Waals surface area (Å²) in [4.78, 5) is 33.6. The van der Waals surface area contributed by atoms with E-state index in [1.165, 1.54) is 7.11 Å². The van der Waals surface area contributed by atoms with Gasteiger partial charge in [-0.15, -0.1) is 0 Å². The Labute approximate surface area is 122 Å². The molecule has 7 nitrogen and oxygen atoms in total. The van der Waals surface area contributed by atoms with Crippen LogP contribution in [0.25, 0.3) is 0 Å². The molecule has 4 N–H and O–H groups in total. The van der Waals surface area contributed by atoms with Gasteiger partial charge in [0.25, 0.3) is 0 Å². The summed E-state index contributed by atoms with van der Waals surface area (Å²) in [5, 5.41) is 11.4. The summed E-state index contributed by atoms with van der Waals surface area (Å²) in [6.07, 6.45) is -0.154. The first-order chi connectivity index (χ1) is 9.93. The highest BCUT2D eigenvalue weighted by molar-refractivity contribution is 5.85. The van der Waals surface area contributed by atoms with Crippen LogP contribution in [-0.2, 0) is 20.8 Å². The number of carbonyl (C=O) groups is 3. The maximum absolute atomic E-state index is 11.9. The molecule has 7 heteroatoms. The molecule has 0 bridgehead atoms. The van der Waals surface area contributed by atoms with Crippen LogP contribution in [0.3, 0.4) is 0 Å². The minimum atomic E-state index is -1.20. The minimum absolute atomic E-state index is 0.00956. The molecule has 0 aliphatic carbocycles. The third-order valence-corrected chi connectivity index (χ3v) is 2.86. The molecule has 1 unspecified atom stereocenters. The number of rotatable bonds is 8. The number of benzene rings is 1. The van der Waals surface area contributed by atoms with E-state index in [9.17, 15) is 14.4 Å². The van der Waals surface area contributed by atoms with E-state index in [-0.39, 0.29) is 19.3 Å². The molecule has 0 heterocycles. The Bertz CT molecular complexity index is 530. The van der Waals surface area contributed by atoms with Crippen molar-refractivity contribution >= 4 is 17.8 Å². The molecule has 0 fully saturated rings. The van der Waals surface area contributed by atoms with E-state index in [1.807, 2.05) is 0 Å². The second kappa shape index (κ2) is 7.88. The number of primary amides is 1. The van der Waals surface area contributed by atoms with Crippen LogP contribution < -0.4 is 15.8 Å². The minimum Gasteiger partial charge on any atom is -0.496 e. The van der Waals surface area contributed by atoms with Gasteiger partial charge in [-0.2, -0.15) is 0 Å². The van der Waals surface area contributed by atoms with Gasteiger partial charge < -0.3 is 20.9 Å². The highest BCUT2D eigenvalue weighted by Crippen LogP contribution is 2.17. The van der Waals surface area contributed by atoms with Crippen molar-refractivity contribution in [3.05, 3.63) is 29.8 Å². The second-order valence-electron chi connectivity index (χ2n) is 4.45. The van der Waals surface area contributed by atoms with Crippen LogP contribution in [0.1, 0.15) is 18.4 Å². The van der Waals surface area contributed by atoms with Crippen LogP contribution in [-0.4, -0.2) is 36.0 Å². The Morgan fingerprint density at radius 1 is 1.33 bits per heavy atom. The molecule has 0 radical (unpaired) electrons. The number of hydrogen-bond acceptors (Lipinski definition) is 4. The third-order valence-electron chi connectivity index (χ3n) is 2.86. The average Bonchev–Trinajstić information content (AvgIpc) is 2.43. The monoisotopic (exact) mass is 294 g/mol. The van der Waals surface area contributed by atoms with Gasteiger partial charge in [0.2, 0.25) is 11.8 Å². The smallest absolute Gasteiger partial charge is 0.326 e. The number of carbonyl (C=O) groups excluding carboxylic acids is 2. The largest absolute Gasteiger partial charge is 0.496 e. The Balaban J connectivity index is 2.65. The molecule has 1 atom stereocenters. The van der Waals surface area contributed by atoms with Gasteiger partial charge in [-0.1, -0.05) is 18.2 Å². The summed E-state index contributed by atoms with van der Waals surface area (Å²) in [6.45, 7) is 0. The number of nitrogens with two attached hydrogens (primary N) is 1. The van der Waals surface area contributed by atoms with Crippen molar-refractivity contribution < 1.29 is 24.2 Å². The van der Waals surface area contributed by atoms with E-state index < -0.39 is 23.8 Å². The Morgan fingerprint density at radius 3 is 2.57 bits per heavy atom. The number of hydrogen-bond donors (Lipinski definition) is 3. The van der Waals surface area contributed by atoms with E-state index in [0.717, 1.165) is 0 Å². The van der Waals surface area contributed by atoms with Gasteiger partial charge in [-0.25, -0.2) is 4.79 Å². The zero-order chi connectivity index (χ0) is 15.8. The van der Waals surface area contributed by atoms with E-state index in [1.54, 1.807) is 24.3 Å². The summed E-state index contributed by atoms with van der Waals surface area (Å²) in [5.41, 5.74) is 5.62. The Hall–Kier alpha value is -2.57. The van der Waals surface area contributed by atoms with Gasteiger partial charge in [0.05, 0.1) is 13.5 Å². The molecule has 2 amide bonds. The number of para-hydroxylation sites is 1. The first kappa shape index (κ1) is 16.5. The average molecular weight is 294 g/mol. The zero-order valence-corrected chi connectivity index (χ0v) is 11.7. The van der Waals surface area contributed by atoms with Crippen LogP contribution in [0, 0.1) is 0 Å². The molecular formula is C14H18N2O5. The summed E-state index contributed by atoms with van der Waals surface area (Å²) in [5.74, 6) is -1.72. The quantitative estimate of drug-likeness (QED) is 0.627. The van der Waals surface area contributed by atoms with Crippen molar-refractivity contribution in [3.63, 3.8) is 0 Å². The van der Waals surface area contributed by atoms with E-state index >= 15 is 0 Å². The predicted octanol–water partition coefficient (Wildman–Crippen LogP) is 0.0726. The van der Waals surface area contributed by atoms with Gasteiger partial charge in [-0.05, 0) is 12.5 Å². The number of carboxylic acids is 1. The molecule has 0 aliphatic rings. The molecule has 21 heavy (non-hydrogen) atoms. The van der Waals surface area contributed by atoms with Crippen LogP contribution in [0.5, 0.6) is 5.75 Å². The Morgan fingerprint density at radius 2 is 2.00 bits per heavy atom. The number of carboxylic acid groups (broad SMARTS) is 1. The molecule has 1 aromatic carbocycles. The summed E-state index contributed by atoms with van der Waals surface area (Å²) < 4.78 is 5.12. The number of ether oxygens (including phenoxy) is 1. The number of aliphatic carboxylic acids is 1. The summed E-state index contributed by atoms with van der Waals surface area (Å²) >= 11 is 0. The summed E-state index contributed by atoms with van der Waals surface area (Å²) in [6, 6.07) is 5.82. The van der Waals surface area contributed by atoms with Gasteiger partial charge in [-0.3, -0.25) is 9.59 Å². The second-order valence-corrected chi connectivity index (χ2v) is 4.45. The third kappa shape index (κ3) is 5.52. The molecule has 1 aromatic rings. The standard InChI is InChI=1S/C14H18N2O5/c1-21-11-5-3-2-4-9(11)8-13(18)16-10(14(19)20)6-7-12(15)17/h2-5,10H,6-8H2,1H3,(H2,15,17)(H,16,18)(H,19,20). The Kier molecular flexibility index (Phi) is 6.19. The van der Waals surface area contributed by atoms with Crippen LogP contribution >= 0.6 is 0 Å². The fourth-order valence-corrected chi connectivity index (χ4v) is 1.81. The molecule has 0 spiro atoms. The predicted molar refractivity (Wildman–Crippen MR) is 74.7 cm³/mol. The lowest BCUT2D eigenvalue weighted by Gasteiger charge is -2.14. The maximum Gasteiger partial charge on any atom is 0.326 e. The van der Waals surface area contributed by atoms with Gasteiger partial charge in [0.1, 0.15) is 11.8 Å². The van der Waals surface area contributed by atoms with Gasteiger partial charge in [0.15, 0.2) is 0 Å². The summed E-state index contributed by atoms with van der Waals surface area (Å²) in [7, 11) is 1.49. The molecule has 0 saturated carbocycles. The van der Waals surface area contributed by atoms with Crippen molar-refractivity contribution in [2.24, 2.45) is 5.73 Å². The van der Waals surface area contributed by atoms with Crippen molar-refractivity contribution in [2.45, 2.75) is 25.3 Å². The molecule has 0 saturated heterocycles. The van der Waals surface area contributed by atoms with Gasteiger partial charge >= 0.3 is 5.97 Å². The van der Waals surface area contributed by atoms with Crippen LogP contribution in [0.2, 0.25) is 0 Å². The molecule has 0 aliphatic heterocycles. The van der Waals surface area contributed by atoms with E-state index in [0.29, 0.717) is 11.3 Å². The van der Waals surface area contributed by atoms with Crippen molar-refractivity contribution in [1.29, 1.82) is 0 Å². The van der Waals surface area contributed by atoms with E-state index in [4.69, 9.17) is 15.6 Å². The van der Waals surface area contributed by atoms with Crippen LogP contribution in [0.15, 0.2) is 24.3 Å². The fourth-order valence-electron chi connectivity index (χ4n) is 1.81. The highest BCUT2D eigenvalue weighted by atomic mass is 16.5. The van der Waals surface area contributed by atoms with Gasteiger partial charge in [0, 0.05) is 12.0 Å².